The summed E-state index contributed by atoms with van der Waals surface area (Å²) in [6.45, 7) is -1.26. The highest BCUT2D eigenvalue weighted by molar-refractivity contribution is 5.85. The molecule has 3 atom stereocenters. The van der Waals surface area contributed by atoms with Crippen LogP contribution in [0.3, 0.4) is 0 Å². The number of hydrogen-bond acceptors (Lipinski definition) is 2. The molecule has 1 aliphatic carbocycles. The highest BCUT2D eigenvalue weighted by Gasteiger charge is 2.65. The van der Waals surface area contributed by atoms with Gasteiger partial charge in [0.05, 0.1) is 0 Å². The zero-order chi connectivity index (χ0) is 18.6. The maximum atomic E-state index is 13.7. The molecular formula is C16H14F5NO3. The summed E-state index contributed by atoms with van der Waals surface area (Å²) in [7, 11) is 0. The number of amides is 1. The molecule has 1 N–H and O–H groups in total. The fraction of sp³-hybridized carbons (Fsp3) is 0.500. The Hall–Kier alpha value is -2.19. The lowest BCUT2D eigenvalue weighted by atomic mass is 9.86. The fourth-order valence-corrected chi connectivity index (χ4v) is 3.37. The molecule has 1 saturated carbocycles. The lowest BCUT2D eigenvalue weighted by molar-refractivity contribution is -0.227. The van der Waals surface area contributed by atoms with Crippen molar-refractivity contribution in [2.75, 3.05) is 13.1 Å². The van der Waals surface area contributed by atoms with E-state index in [1.165, 1.54) is 6.07 Å². The van der Waals surface area contributed by atoms with Crippen LogP contribution in [0.4, 0.5) is 22.0 Å². The van der Waals surface area contributed by atoms with Gasteiger partial charge >= 0.3 is 12.1 Å². The van der Waals surface area contributed by atoms with Crippen LogP contribution in [0.1, 0.15) is 24.3 Å². The van der Waals surface area contributed by atoms with Crippen molar-refractivity contribution in [2.45, 2.75) is 24.9 Å². The van der Waals surface area contributed by atoms with Gasteiger partial charge in [-0.05, 0) is 30.4 Å². The van der Waals surface area contributed by atoms with Crippen molar-refractivity contribution in [1.29, 1.82) is 0 Å². The molecule has 0 aromatic heterocycles. The third kappa shape index (κ3) is 2.85. The Labute approximate surface area is 139 Å². The summed E-state index contributed by atoms with van der Waals surface area (Å²) in [5, 5.41) is 9.00. The minimum Gasteiger partial charge on any atom is -0.481 e. The summed E-state index contributed by atoms with van der Waals surface area (Å²) in [4.78, 5) is 24.4. The minimum absolute atomic E-state index is 0.138. The average Bonchev–Trinajstić information content (AvgIpc) is 3.13. The second kappa shape index (κ2) is 5.67. The Morgan fingerprint density at radius 2 is 1.92 bits per heavy atom. The van der Waals surface area contributed by atoms with E-state index < -0.39 is 59.9 Å². The summed E-state index contributed by atoms with van der Waals surface area (Å²) < 4.78 is 66.1. The molecule has 0 radical (unpaired) electrons. The Morgan fingerprint density at radius 3 is 2.44 bits per heavy atom. The highest BCUT2D eigenvalue weighted by Crippen LogP contribution is 2.52. The van der Waals surface area contributed by atoms with Crippen LogP contribution in [-0.4, -0.2) is 41.1 Å². The number of aliphatic carboxylic acids is 1. The molecule has 25 heavy (non-hydrogen) atoms. The number of halogens is 5. The van der Waals surface area contributed by atoms with Crippen molar-refractivity contribution < 1.29 is 36.6 Å². The van der Waals surface area contributed by atoms with Crippen LogP contribution in [-0.2, 0) is 9.59 Å². The summed E-state index contributed by atoms with van der Waals surface area (Å²) >= 11 is 0. The van der Waals surface area contributed by atoms with Crippen LogP contribution in [0.15, 0.2) is 18.2 Å². The number of carboxylic acid groups (broad SMARTS) is 1. The fourth-order valence-electron chi connectivity index (χ4n) is 3.37. The first kappa shape index (κ1) is 17.6. The second-order valence-electron chi connectivity index (χ2n) is 6.51. The predicted molar refractivity (Wildman–Crippen MR) is 74.5 cm³/mol. The van der Waals surface area contributed by atoms with E-state index in [1.807, 2.05) is 0 Å². The number of nitrogens with zero attached hydrogens (tertiary/aromatic N) is 1. The summed E-state index contributed by atoms with van der Waals surface area (Å²) in [5.41, 5.74) is -2.83. The quantitative estimate of drug-likeness (QED) is 0.841. The van der Waals surface area contributed by atoms with Crippen LogP contribution >= 0.6 is 0 Å². The smallest absolute Gasteiger partial charge is 0.406 e. The number of rotatable bonds is 3. The maximum absolute atomic E-state index is 13.7. The van der Waals surface area contributed by atoms with Gasteiger partial charge in [-0.2, -0.15) is 13.2 Å². The largest absolute Gasteiger partial charge is 0.481 e. The Kier molecular flexibility index (Phi) is 4.00. The van der Waals surface area contributed by atoms with E-state index in [2.05, 4.69) is 0 Å². The second-order valence-corrected chi connectivity index (χ2v) is 6.51. The molecule has 4 nitrogen and oxygen atoms in total. The van der Waals surface area contributed by atoms with Gasteiger partial charge in [-0.15, -0.1) is 0 Å². The van der Waals surface area contributed by atoms with E-state index in [4.69, 9.17) is 5.11 Å². The van der Waals surface area contributed by atoms with Crippen LogP contribution in [0.5, 0.6) is 0 Å². The average molecular weight is 363 g/mol. The van der Waals surface area contributed by atoms with Crippen LogP contribution in [0.2, 0.25) is 0 Å². The molecule has 9 heteroatoms. The van der Waals surface area contributed by atoms with Gasteiger partial charge in [-0.3, -0.25) is 9.59 Å². The van der Waals surface area contributed by atoms with Crippen molar-refractivity contribution in [3.8, 4) is 0 Å². The van der Waals surface area contributed by atoms with Gasteiger partial charge in [-0.25, -0.2) is 8.78 Å². The molecule has 0 bridgehead atoms. The zero-order valence-electron chi connectivity index (χ0n) is 12.8. The number of likely N-dealkylation sites (tertiary alicyclic amines) is 1. The van der Waals surface area contributed by atoms with E-state index in [0.29, 0.717) is 6.07 Å². The molecule has 136 valence electrons. The molecule has 1 saturated heterocycles. The third-order valence-corrected chi connectivity index (χ3v) is 5.00. The number of benzene rings is 1. The van der Waals surface area contributed by atoms with Crippen molar-refractivity contribution in [3.63, 3.8) is 0 Å². The number of carbonyl (C=O) groups excluding carboxylic acids is 1. The lowest BCUT2D eigenvalue weighted by Crippen LogP contribution is -2.48. The van der Waals surface area contributed by atoms with Gasteiger partial charge in [0.15, 0.2) is 5.41 Å². The topological polar surface area (TPSA) is 57.6 Å². The van der Waals surface area contributed by atoms with Gasteiger partial charge in [0, 0.05) is 25.1 Å². The van der Waals surface area contributed by atoms with Crippen molar-refractivity contribution in [3.05, 3.63) is 35.4 Å². The summed E-state index contributed by atoms with van der Waals surface area (Å²) in [6.07, 6.45) is -5.44. The molecule has 1 amide bonds. The third-order valence-electron chi connectivity index (χ3n) is 5.00. The zero-order valence-corrected chi connectivity index (χ0v) is 12.8. The molecule has 1 aromatic carbocycles. The first-order chi connectivity index (χ1) is 11.6. The van der Waals surface area contributed by atoms with E-state index >= 15 is 0 Å². The van der Waals surface area contributed by atoms with Crippen LogP contribution in [0, 0.1) is 23.0 Å². The van der Waals surface area contributed by atoms with Crippen molar-refractivity contribution >= 4 is 11.9 Å². The van der Waals surface area contributed by atoms with Gasteiger partial charge in [0.1, 0.15) is 11.6 Å². The van der Waals surface area contributed by atoms with Crippen molar-refractivity contribution in [2.24, 2.45) is 11.3 Å². The van der Waals surface area contributed by atoms with Crippen molar-refractivity contribution in [1.82, 2.24) is 4.90 Å². The summed E-state index contributed by atoms with van der Waals surface area (Å²) in [5.74, 6) is -5.44. The molecule has 2 aliphatic rings. The number of hydrogen-bond donors (Lipinski definition) is 1. The van der Waals surface area contributed by atoms with Gasteiger partial charge in [0.2, 0.25) is 5.91 Å². The predicted octanol–water partition coefficient (Wildman–Crippen LogP) is 2.93. The molecular weight excluding hydrogens is 349 g/mol. The number of carboxylic acids is 1. The first-order valence-corrected chi connectivity index (χ1v) is 7.61. The molecule has 1 heterocycles. The molecule has 3 rings (SSSR count). The van der Waals surface area contributed by atoms with E-state index in [1.54, 1.807) is 0 Å². The molecule has 3 unspecified atom stereocenters. The molecule has 1 aromatic rings. The SMILES string of the molecule is O=C(C1CC1c1ccc(F)cc1F)N1CCC(C(=O)O)(C(F)(F)F)C1. The van der Waals surface area contributed by atoms with Gasteiger partial charge < -0.3 is 10.0 Å². The molecule has 2 fully saturated rings. The Bertz CT molecular complexity index is 735. The lowest BCUT2D eigenvalue weighted by Gasteiger charge is -2.27. The maximum Gasteiger partial charge on any atom is 0.406 e. The molecule has 0 spiro atoms. The Balaban J connectivity index is 1.73. The van der Waals surface area contributed by atoms with E-state index in [-0.39, 0.29) is 18.5 Å². The normalized spacial score (nSPS) is 28.9. The minimum atomic E-state index is -4.97. The number of alkyl halides is 3. The first-order valence-electron chi connectivity index (χ1n) is 7.61. The Morgan fingerprint density at radius 1 is 1.24 bits per heavy atom. The highest BCUT2D eigenvalue weighted by atomic mass is 19.4. The monoisotopic (exact) mass is 363 g/mol. The van der Waals surface area contributed by atoms with E-state index in [0.717, 1.165) is 11.0 Å². The van der Waals surface area contributed by atoms with Gasteiger partial charge in [0.25, 0.3) is 0 Å². The van der Waals surface area contributed by atoms with Crippen LogP contribution < -0.4 is 0 Å². The van der Waals surface area contributed by atoms with E-state index in [9.17, 15) is 31.5 Å². The van der Waals surface area contributed by atoms with Gasteiger partial charge in [-0.1, -0.05) is 6.07 Å². The summed E-state index contributed by atoms with van der Waals surface area (Å²) in [6, 6.07) is 2.95. The number of carbonyl (C=O) groups is 2. The standard InChI is InChI=1S/C16H14F5NO3/c17-8-1-2-9(12(18)5-8)10-6-11(10)13(23)22-4-3-15(7-22,14(24)25)16(19,20)21/h1-2,5,10-11H,3-4,6-7H2,(H,24,25). The van der Waals surface area contributed by atoms with Crippen LogP contribution in [0.25, 0.3) is 0 Å². The molecule has 1 aliphatic heterocycles.